The lowest BCUT2D eigenvalue weighted by molar-refractivity contribution is -0.148. The average Bonchev–Trinajstić information content (AvgIpc) is 2.39. The van der Waals surface area contributed by atoms with Crippen LogP contribution in [-0.4, -0.2) is 77.7 Å². The van der Waals surface area contributed by atoms with Crippen LogP contribution in [0.1, 0.15) is 26.7 Å². The number of carboxylic acid groups (broad SMARTS) is 1. The Bertz CT molecular complexity index is 405. The van der Waals surface area contributed by atoms with Gasteiger partial charge in [-0.05, 0) is 25.3 Å². The minimum atomic E-state index is -0.923. The standard InChI is InChI=1S/C14H26N4O3/c1-14(2)5-4-6-18(11(14)12(19)20)13(21)15-17-9-7-16(3)8-10-17/h11H,4-10H2,1-3H3,(H,15,21)(H,19,20). The maximum absolute atomic E-state index is 12.4. The van der Waals surface area contributed by atoms with Crippen molar-refractivity contribution < 1.29 is 14.7 Å². The number of piperazine rings is 1. The van der Waals surface area contributed by atoms with E-state index in [1.54, 1.807) is 0 Å². The van der Waals surface area contributed by atoms with Gasteiger partial charge in [0.05, 0.1) is 0 Å². The second kappa shape index (κ2) is 6.19. The van der Waals surface area contributed by atoms with E-state index in [1.807, 2.05) is 25.9 Å². The zero-order valence-corrected chi connectivity index (χ0v) is 13.1. The summed E-state index contributed by atoms with van der Waals surface area (Å²) in [5.41, 5.74) is 2.46. The molecule has 2 fully saturated rings. The van der Waals surface area contributed by atoms with E-state index in [4.69, 9.17) is 0 Å². The number of amides is 2. The van der Waals surface area contributed by atoms with E-state index < -0.39 is 17.4 Å². The molecule has 0 aliphatic carbocycles. The Hall–Kier alpha value is -1.34. The molecule has 0 bridgehead atoms. The number of likely N-dealkylation sites (tertiary alicyclic amines) is 1. The van der Waals surface area contributed by atoms with E-state index in [9.17, 15) is 14.7 Å². The van der Waals surface area contributed by atoms with Gasteiger partial charge in [-0.15, -0.1) is 0 Å². The number of likely N-dealkylation sites (N-methyl/N-ethyl adjacent to an activating group) is 1. The summed E-state index contributed by atoms with van der Waals surface area (Å²) >= 11 is 0. The number of nitrogens with one attached hydrogen (secondary N) is 1. The summed E-state index contributed by atoms with van der Waals surface area (Å²) in [6.45, 7) is 7.65. The third-order valence-corrected chi connectivity index (χ3v) is 4.52. The normalized spacial score (nSPS) is 27.4. The number of urea groups is 1. The maximum atomic E-state index is 12.4. The Morgan fingerprint density at radius 2 is 1.76 bits per heavy atom. The van der Waals surface area contributed by atoms with Crippen LogP contribution in [-0.2, 0) is 4.79 Å². The molecule has 21 heavy (non-hydrogen) atoms. The number of hydrazine groups is 1. The van der Waals surface area contributed by atoms with Gasteiger partial charge in [0.2, 0.25) is 0 Å². The van der Waals surface area contributed by atoms with Gasteiger partial charge in [0.1, 0.15) is 6.04 Å². The smallest absolute Gasteiger partial charge is 0.332 e. The van der Waals surface area contributed by atoms with E-state index in [-0.39, 0.29) is 6.03 Å². The molecule has 0 saturated carbocycles. The predicted molar refractivity (Wildman–Crippen MR) is 78.7 cm³/mol. The Labute approximate surface area is 125 Å². The molecular formula is C14H26N4O3. The highest BCUT2D eigenvalue weighted by Gasteiger charge is 2.44. The van der Waals surface area contributed by atoms with Crippen molar-refractivity contribution >= 4 is 12.0 Å². The van der Waals surface area contributed by atoms with Crippen LogP contribution in [0.2, 0.25) is 0 Å². The average molecular weight is 298 g/mol. The molecule has 2 amide bonds. The van der Waals surface area contributed by atoms with Crippen molar-refractivity contribution in [3.63, 3.8) is 0 Å². The molecule has 7 nitrogen and oxygen atoms in total. The van der Waals surface area contributed by atoms with Gasteiger partial charge in [-0.1, -0.05) is 13.8 Å². The number of carboxylic acids is 1. The second-order valence-corrected chi connectivity index (χ2v) is 6.73. The molecule has 7 heteroatoms. The summed E-state index contributed by atoms with van der Waals surface area (Å²) in [5, 5.41) is 11.4. The number of piperidine rings is 1. The lowest BCUT2D eigenvalue weighted by Gasteiger charge is -2.44. The quantitative estimate of drug-likeness (QED) is 0.773. The summed E-state index contributed by atoms with van der Waals surface area (Å²) in [4.78, 5) is 27.7. The van der Waals surface area contributed by atoms with Gasteiger partial charge in [0.25, 0.3) is 0 Å². The van der Waals surface area contributed by atoms with Gasteiger partial charge in [-0.2, -0.15) is 0 Å². The lowest BCUT2D eigenvalue weighted by atomic mass is 9.76. The highest BCUT2D eigenvalue weighted by molar-refractivity contribution is 5.83. The molecule has 0 aromatic heterocycles. The van der Waals surface area contributed by atoms with Gasteiger partial charge in [0, 0.05) is 32.7 Å². The molecule has 0 aromatic carbocycles. The monoisotopic (exact) mass is 298 g/mol. The van der Waals surface area contributed by atoms with Crippen LogP contribution >= 0.6 is 0 Å². The molecule has 0 radical (unpaired) electrons. The Morgan fingerprint density at radius 1 is 1.14 bits per heavy atom. The van der Waals surface area contributed by atoms with E-state index >= 15 is 0 Å². The van der Waals surface area contributed by atoms with Crippen LogP contribution < -0.4 is 5.43 Å². The topological polar surface area (TPSA) is 76.1 Å². The number of hydrogen-bond donors (Lipinski definition) is 2. The Kier molecular flexibility index (Phi) is 4.73. The highest BCUT2D eigenvalue weighted by Crippen LogP contribution is 2.35. The van der Waals surface area contributed by atoms with E-state index in [2.05, 4.69) is 10.3 Å². The molecule has 0 spiro atoms. The molecule has 2 heterocycles. The fourth-order valence-corrected chi connectivity index (χ4v) is 3.20. The molecule has 2 aliphatic heterocycles. The SMILES string of the molecule is CN1CCN(NC(=O)N2CCCC(C)(C)C2C(=O)O)CC1. The Balaban J connectivity index is 2.01. The molecular weight excluding hydrogens is 272 g/mol. The lowest BCUT2D eigenvalue weighted by Crippen LogP contribution is -2.62. The third kappa shape index (κ3) is 3.65. The first-order chi connectivity index (χ1) is 9.81. The Morgan fingerprint density at radius 3 is 2.33 bits per heavy atom. The van der Waals surface area contributed by atoms with Crippen molar-refractivity contribution in [2.24, 2.45) is 5.41 Å². The van der Waals surface area contributed by atoms with Gasteiger partial charge >= 0.3 is 12.0 Å². The van der Waals surface area contributed by atoms with Crippen LogP contribution in [0, 0.1) is 5.41 Å². The van der Waals surface area contributed by atoms with E-state index in [1.165, 1.54) is 4.90 Å². The first-order valence-corrected chi connectivity index (χ1v) is 7.55. The van der Waals surface area contributed by atoms with Gasteiger partial charge in [0.15, 0.2) is 0 Å². The van der Waals surface area contributed by atoms with Crippen LogP contribution in [0.15, 0.2) is 0 Å². The predicted octanol–water partition coefficient (Wildman–Crippen LogP) is 0.434. The van der Waals surface area contributed by atoms with Crippen LogP contribution in [0.4, 0.5) is 4.79 Å². The molecule has 2 aliphatic rings. The van der Waals surface area contributed by atoms with Gasteiger partial charge in [-0.3, -0.25) is 5.43 Å². The third-order valence-electron chi connectivity index (χ3n) is 4.52. The fourth-order valence-electron chi connectivity index (χ4n) is 3.20. The van der Waals surface area contributed by atoms with Crippen molar-refractivity contribution in [1.82, 2.24) is 20.2 Å². The summed E-state index contributed by atoms with van der Waals surface area (Å²) in [6, 6.07) is -1.06. The minimum absolute atomic E-state index is 0.292. The van der Waals surface area contributed by atoms with Crippen molar-refractivity contribution in [3.8, 4) is 0 Å². The largest absolute Gasteiger partial charge is 0.480 e. The molecule has 1 atom stereocenters. The van der Waals surface area contributed by atoms with E-state index in [0.29, 0.717) is 6.54 Å². The van der Waals surface area contributed by atoms with Crippen molar-refractivity contribution in [2.75, 3.05) is 39.8 Å². The van der Waals surface area contributed by atoms with Crippen molar-refractivity contribution in [1.29, 1.82) is 0 Å². The fraction of sp³-hybridized carbons (Fsp3) is 0.857. The minimum Gasteiger partial charge on any atom is -0.480 e. The first kappa shape index (κ1) is 16.0. The van der Waals surface area contributed by atoms with Crippen LogP contribution in [0.5, 0.6) is 0 Å². The highest BCUT2D eigenvalue weighted by atomic mass is 16.4. The van der Waals surface area contributed by atoms with Gasteiger partial charge < -0.3 is 14.9 Å². The van der Waals surface area contributed by atoms with Crippen molar-refractivity contribution in [2.45, 2.75) is 32.7 Å². The summed E-state index contributed by atoms with van der Waals surface area (Å²) in [7, 11) is 2.05. The van der Waals surface area contributed by atoms with Crippen LogP contribution in [0.25, 0.3) is 0 Å². The zero-order chi connectivity index (χ0) is 15.6. The number of hydrogen-bond acceptors (Lipinski definition) is 4. The van der Waals surface area contributed by atoms with Crippen LogP contribution in [0.3, 0.4) is 0 Å². The van der Waals surface area contributed by atoms with E-state index in [0.717, 1.165) is 39.0 Å². The second-order valence-electron chi connectivity index (χ2n) is 6.73. The van der Waals surface area contributed by atoms with Crippen molar-refractivity contribution in [3.05, 3.63) is 0 Å². The number of aliphatic carboxylic acids is 1. The molecule has 2 rings (SSSR count). The first-order valence-electron chi connectivity index (χ1n) is 7.55. The summed E-state index contributed by atoms with van der Waals surface area (Å²) in [5.74, 6) is -0.923. The molecule has 2 saturated heterocycles. The maximum Gasteiger partial charge on any atom is 0.332 e. The summed E-state index contributed by atoms with van der Waals surface area (Å²) < 4.78 is 0. The molecule has 120 valence electrons. The number of carbonyl (C=O) groups excluding carboxylic acids is 1. The zero-order valence-electron chi connectivity index (χ0n) is 13.1. The summed E-state index contributed by atoms with van der Waals surface area (Å²) in [6.07, 6.45) is 1.66. The number of carbonyl (C=O) groups is 2. The van der Waals surface area contributed by atoms with Gasteiger partial charge in [-0.25, -0.2) is 14.6 Å². The number of rotatable bonds is 2. The molecule has 2 N–H and O–H groups in total. The molecule has 0 aromatic rings. The molecule has 1 unspecified atom stereocenters. The number of nitrogens with zero attached hydrogens (tertiary/aromatic N) is 3.